The Morgan fingerprint density at radius 2 is 2.29 bits per heavy atom. The fourth-order valence-corrected chi connectivity index (χ4v) is 1.38. The molecule has 0 radical (unpaired) electrons. The van der Waals surface area contributed by atoms with Crippen molar-refractivity contribution in [3.05, 3.63) is 18.0 Å². The van der Waals surface area contributed by atoms with Crippen molar-refractivity contribution in [3.8, 4) is 0 Å². The molecule has 6 heteroatoms. The molecule has 0 bridgehead atoms. The Morgan fingerprint density at radius 1 is 1.59 bits per heavy atom. The SMILES string of the molecule is CCOC(=O)CC(=O)NC(C)c1cnn(C)c1. The van der Waals surface area contributed by atoms with E-state index >= 15 is 0 Å². The van der Waals surface area contributed by atoms with E-state index in [0.717, 1.165) is 5.56 Å². The molecular weight excluding hydrogens is 222 g/mol. The summed E-state index contributed by atoms with van der Waals surface area (Å²) < 4.78 is 6.34. The van der Waals surface area contributed by atoms with Crippen molar-refractivity contribution in [2.24, 2.45) is 7.05 Å². The quantitative estimate of drug-likeness (QED) is 0.601. The molecule has 0 saturated carbocycles. The Kier molecular flexibility index (Phi) is 4.68. The van der Waals surface area contributed by atoms with Crippen LogP contribution < -0.4 is 5.32 Å². The topological polar surface area (TPSA) is 73.2 Å². The van der Waals surface area contributed by atoms with Crippen LogP contribution in [-0.4, -0.2) is 28.3 Å². The average Bonchev–Trinajstić information content (AvgIpc) is 2.64. The van der Waals surface area contributed by atoms with Gasteiger partial charge in [0, 0.05) is 18.8 Å². The van der Waals surface area contributed by atoms with E-state index in [-0.39, 0.29) is 25.0 Å². The Bertz CT molecular complexity index is 400. The van der Waals surface area contributed by atoms with Crippen molar-refractivity contribution in [3.63, 3.8) is 0 Å². The van der Waals surface area contributed by atoms with Gasteiger partial charge >= 0.3 is 5.97 Å². The van der Waals surface area contributed by atoms with E-state index in [9.17, 15) is 9.59 Å². The average molecular weight is 239 g/mol. The number of nitrogens with zero attached hydrogens (tertiary/aromatic N) is 2. The molecule has 0 fully saturated rings. The highest BCUT2D eigenvalue weighted by Crippen LogP contribution is 2.10. The predicted octanol–water partition coefficient (Wildman–Crippen LogP) is 0.550. The summed E-state index contributed by atoms with van der Waals surface area (Å²) in [6, 6.07) is -0.175. The summed E-state index contributed by atoms with van der Waals surface area (Å²) in [5.41, 5.74) is 0.893. The van der Waals surface area contributed by atoms with Gasteiger partial charge in [0.1, 0.15) is 6.42 Å². The maximum atomic E-state index is 11.5. The number of hydrogen-bond acceptors (Lipinski definition) is 4. The number of aryl methyl sites for hydroxylation is 1. The third-order valence-corrected chi connectivity index (χ3v) is 2.21. The number of aromatic nitrogens is 2. The van der Waals surface area contributed by atoms with E-state index in [1.807, 2.05) is 13.1 Å². The van der Waals surface area contributed by atoms with E-state index in [0.29, 0.717) is 0 Å². The first-order chi connectivity index (χ1) is 8.02. The number of ether oxygens (including phenoxy) is 1. The van der Waals surface area contributed by atoms with Gasteiger partial charge in [-0.05, 0) is 13.8 Å². The number of nitrogens with one attached hydrogen (secondary N) is 1. The zero-order valence-corrected chi connectivity index (χ0v) is 10.3. The van der Waals surface area contributed by atoms with Crippen molar-refractivity contribution >= 4 is 11.9 Å². The Morgan fingerprint density at radius 3 is 2.82 bits per heavy atom. The Hall–Kier alpha value is -1.85. The minimum absolute atomic E-state index is 0.175. The summed E-state index contributed by atoms with van der Waals surface area (Å²) in [6.07, 6.45) is 3.24. The standard InChI is InChI=1S/C11H17N3O3/c1-4-17-11(16)5-10(15)13-8(2)9-6-12-14(3)7-9/h6-8H,4-5H2,1-3H3,(H,13,15). The lowest BCUT2D eigenvalue weighted by Crippen LogP contribution is -2.28. The summed E-state index contributed by atoms with van der Waals surface area (Å²) in [6.45, 7) is 3.82. The molecule has 1 N–H and O–H groups in total. The fraction of sp³-hybridized carbons (Fsp3) is 0.545. The Balaban J connectivity index is 2.43. The van der Waals surface area contributed by atoms with E-state index in [4.69, 9.17) is 0 Å². The first-order valence-corrected chi connectivity index (χ1v) is 5.46. The molecule has 0 saturated heterocycles. The van der Waals surface area contributed by atoms with Crippen molar-refractivity contribution in [1.29, 1.82) is 0 Å². The van der Waals surface area contributed by atoms with Crippen molar-refractivity contribution in [1.82, 2.24) is 15.1 Å². The summed E-state index contributed by atoms with van der Waals surface area (Å²) >= 11 is 0. The maximum Gasteiger partial charge on any atom is 0.315 e. The van der Waals surface area contributed by atoms with Crippen molar-refractivity contribution in [2.45, 2.75) is 26.3 Å². The normalized spacial score (nSPS) is 11.9. The van der Waals surface area contributed by atoms with Gasteiger partial charge in [-0.3, -0.25) is 14.3 Å². The monoisotopic (exact) mass is 239 g/mol. The first kappa shape index (κ1) is 13.2. The lowest BCUT2D eigenvalue weighted by atomic mass is 10.2. The van der Waals surface area contributed by atoms with E-state index in [1.165, 1.54) is 0 Å². The summed E-state index contributed by atoms with van der Waals surface area (Å²) in [4.78, 5) is 22.6. The van der Waals surface area contributed by atoms with Crippen molar-refractivity contribution < 1.29 is 14.3 Å². The maximum absolute atomic E-state index is 11.5. The number of carbonyl (C=O) groups is 2. The molecule has 0 aliphatic heterocycles. The van der Waals surface area contributed by atoms with Gasteiger partial charge in [-0.25, -0.2) is 0 Å². The van der Waals surface area contributed by atoms with Crippen LogP contribution in [0.3, 0.4) is 0 Å². The number of carbonyl (C=O) groups excluding carboxylic acids is 2. The summed E-state index contributed by atoms with van der Waals surface area (Å²) in [7, 11) is 1.80. The van der Waals surface area contributed by atoms with Crippen molar-refractivity contribution in [2.75, 3.05) is 6.61 Å². The van der Waals surface area contributed by atoms with E-state index < -0.39 is 5.97 Å². The molecule has 17 heavy (non-hydrogen) atoms. The second-order valence-corrected chi connectivity index (χ2v) is 3.72. The van der Waals surface area contributed by atoms with Crippen LogP contribution in [0.15, 0.2) is 12.4 Å². The van der Waals surface area contributed by atoms with Crippen LogP contribution in [-0.2, 0) is 21.4 Å². The molecule has 0 aliphatic rings. The largest absolute Gasteiger partial charge is 0.466 e. The van der Waals surface area contributed by atoms with Crippen LogP contribution in [0, 0.1) is 0 Å². The zero-order chi connectivity index (χ0) is 12.8. The van der Waals surface area contributed by atoms with Crippen LogP contribution in [0.2, 0.25) is 0 Å². The number of hydrogen-bond donors (Lipinski definition) is 1. The molecule has 1 amide bonds. The number of amides is 1. The van der Waals surface area contributed by atoms with Gasteiger partial charge in [0.2, 0.25) is 5.91 Å². The highest BCUT2D eigenvalue weighted by molar-refractivity contribution is 5.94. The molecule has 94 valence electrons. The van der Waals surface area contributed by atoms with Gasteiger partial charge in [-0.15, -0.1) is 0 Å². The molecular formula is C11H17N3O3. The second kappa shape index (κ2) is 6.03. The predicted molar refractivity (Wildman–Crippen MR) is 61.0 cm³/mol. The molecule has 0 aromatic carbocycles. The van der Waals surface area contributed by atoms with E-state index in [1.54, 1.807) is 24.9 Å². The second-order valence-electron chi connectivity index (χ2n) is 3.72. The minimum atomic E-state index is -0.511. The highest BCUT2D eigenvalue weighted by Gasteiger charge is 2.14. The minimum Gasteiger partial charge on any atom is -0.466 e. The zero-order valence-electron chi connectivity index (χ0n) is 10.3. The molecule has 1 atom stereocenters. The molecule has 1 unspecified atom stereocenters. The third kappa shape index (κ3) is 4.26. The van der Waals surface area contributed by atoms with Gasteiger partial charge in [0.25, 0.3) is 0 Å². The highest BCUT2D eigenvalue weighted by atomic mass is 16.5. The lowest BCUT2D eigenvalue weighted by Gasteiger charge is -2.11. The van der Waals surface area contributed by atoms with E-state index in [2.05, 4.69) is 15.2 Å². The smallest absolute Gasteiger partial charge is 0.315 e. The third-order valence-electron chi connectivity index (χ3n) is 2.21. The summed E-state index contributed by atoms with van der Waals surface area (Å²) in [5.74, 6) is -0.858. The van der Waals surface area contributed by atoms with Crippen LogP contribution in [0.25, 0.3) is 0 Å². The molecule has 0 spiro atoms. The Labute approximate surface area is 99.9 Å². The van der Waals surface area contributed by atoms with Crippen LogP contribution in [0.4, 0.5) is 0 Å². The van der Waals surface area contributed by atoms with Crippen LogP contribution in [0.5, 0.6) is 0 Å². The van der Waals surface area contributed by atoms with Gasteiger partial charge in [-0.2, -0.15) is 5.10 Å². The molecule has 1 aromatic heterocycles. The molecule has 6 nitrogen and oxygen atoms in total. The van der Waals surface area contributed by atoms with Crippen LogP contribution >= 0.6 is 0 Å². The molecule has 1 heterocycles. The molecule has 0 aliphatic carbocycles. The summed E-state index contributed by atoms with van der Waals surface area (Å²) in [5, 5.41) is 6.71. The first-order valence-electron chi connectivity index (χ1n) is 5.46. The lowest BCUT2D eigenvalue weighted by molar-refractivity contribution is -0.146. The number of esters is 1. The van der Waals surface area contributed by atoms with Crippen LogP contribution in [0.1, 0.15) is 31.9 Å². The van der Waals surface area contributed by atoms with Gasteiger partial charge < -0.3 is 10.1 Å². The fourth-order valence-electron chi connectivity index (χ4n) is 1.38. The molecule has 1 rings (SSSR count). The number of rotatable bonds is 5. The molecule has 1 aromatic rings. The van der Waals surface area contributed by atoms with Gasteiger partial charge in [0.15, 0.2) is 0 Å². The van der Waals surface area contributed by atoms with Gasteiger partial charge in [-0.1, -0.05) is 0 Å². The van der Waals surface area contributed by atoms with Gasteiger partial charge in [0.05, 0.1) is 18.8 Å².